The predicted octanol–water partition coefficient (Wildman–Crippen LogP) is 6.48. The lowest BCUT2D eigenvalue weighted by Gasteiger charge is -2.11. The molecule has 43 heavy (non-hydrogen) atoms. The van der Waals surface area contributed by atoms with Gasteiger partial charge in [0.25, 0.3) is 0 Å². The number of pyridine rings is 2. The highest BCUT2D eigenvalue weighted by atomic mass is 19.1. The van der Waals surface area contributed by atoms with Crippen molar-refractivity contribution in [3.05, 3.63) is 138 Å². The van der Waals surface area contributed by atoms with Gasteiger partial charge in [0.15, 0.2) is 17.3 Å². The topological polar surface area (TPSA) is 104 Å². The summed E-state index contributed by atoms with van der Waals surface area (Å²) in [4.78, 5) is 20.9. The van der Waals surface area contributed by atoms with Crippen molar-refractivity contribution in [3.63, 3.8) is 0 Å². The lowest BCUT2D eigenvalue weighted by Crippen LogP contribution is -2.05. The average molecular weight is 569 g/mol. The van der Waals surface area contributed by atoms with Gasteiger partial charge in [0.1, 0.15) is 29.7 Å². The third-order valence-electron chi connectivity index (χ3n) is 6.79. The molecule has 0 spiro atoms. The van der Waals surface area contributed by atoms with Gasteiger partial charge in [-0.1, -0.05) is 30.3 Å². The van der Waals surface area contributed by atoms with Crippen LogP contribution in [0, 0.1) is 5.82 Å². The number of fused-ring (bicyclic) bond motifs is 2. The van der Waals surface area contributed by atoms with Gasteiger partial charge in [-0.2, -0.15) is 9.61 Å². The number of aromatic nitrogens is 6. The summed E-state index contributed by atoms with van der Waals surface area (Å²) in [7, 11) is 0. The normalized spacial score (nSPS) is 11.1. The summed E-state index contributed by atoms with van der Waals surface area (Å²) in [6.07, 6.45) is 4.18. The number of ether oxygens (including phenoxy) is 2. The van der Waals surface area contributed by atoms with E-state index in [1.165, 1.54) is 12.4 Å². The number of carbonyl (C=O) groups excluding carboxylic acids is 1. The van der Waals surface area contributed by atoms with Crippen LogP contribution in [0.2, 0.25) is 0 Å². The zero-order valence-electron chi connectivity index (χ0n) is 22.5. The molecule has 0 atom stereocenters. The second-order valence-corrected chi connectivity index (χ2v) is 9.56. The third-order valence-corrected chi connectivity index (χ3v) is 6.79. The molecule has 0 bridgehead atoms. The van der Waals surface area contributed by atoms with Crippen molar-refractivity contribution in [2.75, 3.05) is 0 Å². The molecule has 208 valence electrons. The maximum Gasteiger partial charge on any atom is 0.197 e. The van der Waals surface area contributed by atoms with Gasteiger partial charge in [0.05, 0.1) is 16.8 Å². The SMILES string of the molecule is O=C(c1ccc(Oc2ccc3c(OCc4nnc5ccc(-c6ccccc6)nn45)ccnc3c2)cc1)c1cnccc1F. The van der Waals surface area contributed by atoms with Crippen LogP contribution < -0.4 is 9.47 Å². The third kappa shape index (κ3) is 5.24. The zero-order chi connectivity index (χ0) is 29.2. The smallest absolute Gasteiger partial charge is 0.197 e. The fourth-order valence-electron chi connectivity index (χ4n) is 4.63. The van der Waals surface area contributed by atoms with Crippen LogP contribution in [0.15, 0.2) is 116 Å². The Labute approximate surface area is 244 Å². The van der Waals surface area contributed by atoms with Crippen LogP contribution in [-0.2, 0) is 6.61 Å². The second kappa shape index (κ2) is 11.1. The molecule has 4 heterocycles. The number of halogens is 1. The highest BCUT2D eigenvalue weighted by molar-refractivity contribution is 6.09. The molecule has 0 amide bonds. The number of benzene rings is 3. The van der Waals surface area contributed by atoms with Crippen LogP contribution in [0.3, 0.4) is 0 Å². The quantitative estimate of drug-likeness (QED) is 0.192. The Morgan fingerprint density at radius 1 is 0.837 bits per heavy atom. The van der Waals surface area contributed by atoms with Crippen molar-refractivity contribution in [3.8, 4) is 28.5 Å². The minimum Gasteiger partial charge on any atom is -0.485 e. The molecule has 4 aromatic heterocycles. The first-order valence-electron chi connectivity index (χ1n) is 13.3. The molecular weight excluding hydrogens is 547 g/mol. The van der Waals surface area contributed by atoms with Crippen LogP contribution in [0.1, 0.15) is 21.7 Å². The summed E-state index contributed by atoms with van der Waals surface area (Å²) in [6, 6.07) is 28.6. The standard InChI is InChI=1S/C33H21FN6O3/c34-27-14-16-35-19-26(27)33(41)22-6-8-23(9-7-22)43-24-10-11-25-29(18-24)36-17-15-30(25)42-20-32-38-37-31-13-12-28(39-40(31)32)21-4-2-1-3-5-21/h1-19H,20H2. The lowest BCUT2D eigenvalue weighted by atomic mass is 10.0. The summed E-state index contributed by atoms with van der Waals surface area (Å²) in [6.45, 7) is 0.151. The van der Waals surface area contributed by atoms with Crippen LogP contribution in [0.4, 0.5) is 4.39 Å². The van der Waals surface area contributed by atoms with E-state index in [0.717, 1.165) is 22.7 Å². The van der Waals surface area contributed by atoms with Crippen LogP contribution in [-0.4, -0.2) is 35.6 Å². The van der Waals surface area contributed by atoms with Crippen molar-refractivity contribution >= 4 is 22.3 Å². The number of hydrogen-bond donors (Lipinski definition) is 0. The summed E-state index contributed by atoms with van der Waals surface area (Å²) < 4.78 is 27.8. The van der Waals surface area contributed by atoms with Crippen molar-refractivity contribution in [1.29, 1.82) is 0 Å². The minimum absolute atomic E-state index is 0.0832. The van der Waals surface area contributed by atoms with E-state index >= 15 is 0 Å². The summed E-state index contributed by atoms with van der Waals surface area (Å²) in [5.74, 6) is 1.18. The Kier molecular flexibility index (Phi) is 6.68. The van der Waals surface area contributed by atoms with Gasteiger partial charge in [-0.3, -0.25) is 14.8 Å². The van der Waals surface area contributed by atoms with Crippen LogP contribution >= 0.6 is 0 Å². The molecule has 0 fully saturated rings. The summed E-state index contributed by atoms with van der Waals surface area (Å²) in [5, 5.41) is 14.0. The lowest BCUT2D eigenvalue weighted by molar-refractivity contribution is 0.103. The molecule has 7 rings (SSSR count). The van der Waals surface area contributed by atoms with E-state index in [1.54, 1.807) is 53.2 Å². The molecule has 0 saturated heterocycles. The molecule has 7 aromatic rings. The van der Waals surface area contributed by atoms with Gasteiger partial charge in [0.2, 0.25) is 0 Å². The number of rotatable bonds is 8. The van der Waals surface area contributed by atoms with Crippen molar-refractivity contribution < 1.29 is 18.7 Å². The van der Waals surface area contributed by atoms with E-state index in [-0.39, 0.29) is 12.2 Å². The fourth-order valence-corrected chi connectivity index (χ4v) is 4.63. The average Bonchev–Trinajstić information content (AvgIpc) is 3.46. The fraction of sp³-hybridized carbons (Fsp3) is 0.0303. The maximum absolute atomic E-state index is 14.0. The molecule has 0 radical (unpaired) electrons. The van der Waals surface area contributed by atoms with E-state index in [1.807, 2.05) is 48.5 Å². The minimum atomic E-state index is -0.615. The molecule has 3 aromatic carbocycles. The summed E-state index contributed by atoms with van der Waals surface area (Å²) >= 11 is 0. The van der Waals surface area contributed by atoms with E-state index < -0.39 is 11.6 Å². The molecule has 0 aliphatic heterocycles. The van der Waals surface area contributed by atoms with Gasteiger partial charge < -0.3 is 9.47 Å². The Morgan fingerprint density at radius 2 is 1.67 bits per heavy atom. The largest absolute Gasteiger partial charge is 0.485 e. The van der Waals surface area contributed by atoms with Crippen LogP contribution in [0.5, 0.6) is 17.2 Å². The molecule has 0 N–H and O–H groups in total. The first-order valence-corrected chi connectivity index (χ1v) is 13.3. The molecule has 0 saturated carbocycles. The van der Waals surface area contributed by atoms with Crippen molar-refractivity contribution in [1.82, 2.24) is 29.8 Å². The molecule has 0 aliphatic carbocycles. The number of nitrogens with zero attached hydrogens (tertiary/aromatic N) is 6. The van der Waals surface area contributed by atoms with Gasteiger partial charge in [0, 0.05) is 41.2 Å². The van der Waals surface area contributed by atoms with E-state index in [0.29, 0.717) is 39.8 Å². The Morgan fingerprint density at radius 3 is 2.51 bits per heavy atom. The van der Waals surface area contributed by atoms with Crippen molar-refractivity contribution in [2.45, 2.75) is 6.61 Å². The van der Waals surface area contributed by atoms with Gasteiger partial charge in [-0.25, -0.2) is 4.39 Å². The highest BCUT2D eigenvalue weighted by Gasteiger charge is 2.15. The van der Waals surface area contributed by atoms with Gasteiger partial charge in [-0.05, 0) is 60.7 Å². The van der Waals surface area contributed by atoms with E-state index in [9.17, 15) is 9.18 Å². The molecule has 0 unspecified atom stereocenters. The second-order valence-electron chi connectivity index (χ2n) is 9.56. The molecular formula is C33H21FN6O3. The Hall–Kier alpha value is -6.03. The number of ketones is 1. The molecule has 10 heteroatoms. The van der Waals surface area contributed by atoms with E-state index in [4.69, 9.17) is 14.6 Å². The summed E-state index contributed by atoms with van der Waals surface area (Å²) in [5.41, 5.74) is 3.34. The van der Waals surface area contributed by atoms with Crippen LogP contribution in [0.25, 0.3) is 27.8 Å². The highest BCUT2D eigenvalue weighted by Crippen LogP contribution is 2.30. The Balaban J connectivity index is 1.07. The van der Waals surface area contributed by atoms with Crippen molar-refractivity contribution in [2.24, 2.45) is 0 Å². The predicted molar refractivity (Wildman–Crippen MR) is 156 cm³/mol. The zero-order valence-corrected chi connectivity index (χ0v) is 22.5. The van der Waals surface area contributed by atoms with E-state index in [2.05, 4.69) is 20.2 Å². The number of hydrogen-bond acceptors (Lipinski definition) is 8. The van der Waals surface area contributed by atoms with Gasteiger partial charge >= 0.3 is 0 Å². The molecule has 0 aliphatic rings. The maximum atomic E-state index is 14.0. The monoisotopic (exact) mass is 568 g/mol. The Bertz CT molecular complexity index is 2100. The molecule has 9 nitrogen and oxygen atoms in total. The van der Waals surface area contributed by atoms with Gasteiger partial charge in [-0.15, -0.1) is 10.2 Å². The number of carbonyl (C=O) groups is 1. The first-order chi connectivity index (χ1) is 21.1. The first kappa shape index (κ1) is 25.9.